The monoisotopic (exact) mass is 291 g/mol. The lowest BCUT2D eigenvalue weighted by atomic mass is 10.2. The number of carbonyl (C=O) groups excluding carboxylic acids is 1. The lowest BCUT2D eigenvalue weighted by Gasteiger charge is -2.06. The second-order valence-corrected chi connectivity index (χ2v) is 4.04. The SMILES string of the molecule is COc1ncccc1C(=O)NCc1cn(CC(=O)O)nn1. The number of carbonyl (C=O) groups is 2. The molecule has 0 unspecified atom stereocenters. The Morgan fingerprint density at radius 3 is 3.00 bits per heavy atom. The maximum atomic E-state index is 12.0. The Labute approximate surface area is 119 Å². The molecule has 0 spiro atoms. The van der Waals surface area contributed by atoms with Gasteiger partial charge in [-0.25, -0.2) is 9.67 Å². The molecule has 0 radical (unpaired) electrons. The smallest absolute Gasteiger partial charge is 0.325 e. The van der Waals surface area contributed by atoms with Crippen molar-refractivity contribution in [3.05, 3.63) is 35.8 Å². The van der Waals surface area contributed by atoms with Gasteiger partial charge in [0.2, 0.25) is 5.88 Å². The van der Waals surface area contributed by atoms with Gasteiger partial charge in [-0.1, -0.05) is 5.21 Å². The number of aliphatic carboxylic acids is 1. The topological polar surface area (TPSA) is 119 Å². The minimum Gasteiger partial charge on any atom is -0.480 e. The van der Waals surface area contributed by atoms with Crippen LogP contribution in [0.25, 0.3) is 0 Å². The van der Waals surface area contributed by atoms with E-state index in [-0.39, 0.29) is 24.9 Å². The molecule has 2 heterocycles. The lowest BCUT2D eigenvalue weighted by Crippen LogP contribution is -2.23. The number of ether oxygens (including phenoxy) is 1. The average molecular weight is 291 g/mol. The summed E-state index contributed by atoms with van der Waals surface area (Å²) in [6, 6.07) is 3.21. The van der Waals surface area contributed by atoms with Gasteiger partial charge in [0, 0.05) is 6.20 Å². The lowest BCUT2D eigenvalue weighted by molar-refractivity contribution is -0.137. The minimum absolute atomic E-state index is 0.122. The number of hydrogen-bond donors (Lipinski definition) is 2. The number of methoxy groups -OCH3 is 1. The van der Waals surface area contributed by atoms with Crippen molar-refractivity contribution in [2.24, 2.45) is 0 Å². The number of rotatable bonds is 6. The van der Waals surface area contributed by atoms with Gasteiger partial charge in [-0.15, -0.1) is 5.10 Å². The third kappa shape index (κ3) is 3.75. The number of amides is 1. The Morgan fingerprint density at radius 1 is 1.48 bits per heavy atom. The van der Waals surface area contributed by atoms with Crippen LogP contribution in [0.15, 0.2) is 24.5 Å². The summed E-state index contributed by atoms with van der Waals surface area (Å²) in [7, 11) is 1.43. The van der Waals surface area contributed by atoms with Crippen LogP contribution in [0.4, 0.5) is 0 Å². The van der Waals surface area contributed by atoms with E-state index in [0.717, 1.165) is 0 Å². The summed E-state index contributed by atoms with van der Waals surface area (Å²) in [4.78, 5) is 26.5. The number of carboxylic acid groups (broad SMARTS) is 1. The van der Waals surface area contributed by atoms with E-state index in [4.69, 9.17) is 9.84 Å². The van der Waals surface area contributed by atoms with Gasteiger partial charge in [0.05, 0.1) is 19.9 Å². The molecule has 0 saturated carbocycles. The second kappa shape index (κ2) is 6.46. The molecule has 2 aromatic heterocycles. The molecule has 110 valence electrons. The van der Waals surface area contributed by atoms with E-state index >= 15 is 0 Å². The molecule has 1 amide bonds. The Kier molecular flexibility index (Phi) is 4.44. The van der Waals surface area contributed by atoms with Crippen molar-refractivity contribution in [3.8, 4) is 5.88 Å². The van der Waals surface area contributed by atoms with Crippen molar-refractivity contribution >= 4 is 11.9 Å². The van der Waals surface area contributed by atoms with Crippen molar-refractivity contribution in [2.75, 3.05) is 7.11 Å². The quantitative estimate of drug-likeness (QED) is 0.749. The average Bonchev–Trinajstić information content (AvgIpc) is 2.91. The van der Waals surface area contributed by atoms with Crippen LogP contribution in [0.2, 0.25) is 0 Å². The number of nitrogens with one attached hydrogen (secondary N) is 1. The van der Waals surface area contributed by atoms with Crippen LogP contribution in [0.1, 0.15) is 16.1 Å². The van der Waals surface area contributed by atoms with E-state index in [2.05, 4.69) is 20.6 Å². The van der Waals surface area contributed by atoms with Crippen LogP contribution in [0.3, 0.4) is 0 Å². The molecule has 0 atom stereocenters. The molecular formula is C12H13N5O4. The van der Waals surface area contributed by atoms with E-state index in [1.165, 1.54) is 24.2 Å². The Bertz CT molecular complexity index is 655. The Hall–Kier alpha value is -2.97. The van der Waals surface area contributed by atoms with Gasteiger partial charge < -0.3 is 15.2 Å². The molecular weight excluding hydrogens is 278 g/mol. The van der Waals surface area contributed by atoms with Crippen LogP contribution >= 0.6 is 0 Å². The highest BCUT2D eigenvalue weighted by Gasteiger charge is 2.13. The zero-order valence-corrected chi connectivity index (χ0v) is 11.2. The molecule has 9 heteroatoms. The molecule has 0 bridgehead atoms. The second-order valence-electron chi connectivity index (χ2n) is 4.04. The van der Waals surface area contributed by atoms with Crippen LogP contribution < -0.4 is 10.1 Å². The molecule has 9 nitrogen and oxygen atoms in total. The fourth-order valence-electron chi connectivity index (χ4n) is 1.63. The van der Waals surface area contributed by atoms with Crippen LogP contribution in [-0.4, -0.2) is 44.1 Å². The summed E-state index contributed by atoms with van der Waals surface area (Å²) in [5, 5.41) is 18.7. The fraction of sp³-hybridized carbons (Fsp3) is 0.250. The highest BCUT2D eigenvalue weighted by molar-refractivity contribution is 5.96. The van der Waals surface area contributed by atoms with Gasteiger partial charge in [-0.05, 0) is 12.1 Å². The van der Waals surface area contributed by atoms with E-state index in [9.17, 15) is 9.59 Å². The van der Waals surface area contributed by atoms with E-state index in [1.54, 1.807) is 12.1 Å². The van der Waals surface area contributed by atoms with Gasteiger partial charge in [0.25, 0.3) is 5.91 Å². The molecule has 0 aliphatic carbocycles. The zero-order valence-electron chi connectivity index (χ0n) is 11.2. The number of nitrogens with zero attached hydrogens (tertiary/aromatic N) is 4. The van der Waals surface area contributed by atoms with E-state index in [0.29, 0.717) is 11.3 Å². The summed E-state index contributed by atoms with van der Waals surface area (Å²) < 4.78 is 6.17. The van der Waals surface area contributed by atoms with Crippen molar-refractivity contribution in [1.29, 1.82) is 0 Å². The summed E-state index contributed by atoms with van der Waals surface area (Å²) in [6.07, 6.45) is 2.97. The van der Waals surface area contributed by atoms with Crippen LogP contribution in [-0.2, 0) is 17.9 Å². The molecule has 0 aromatic carbocycles. The largest absolute Gasteiger partial charge is 0.480 e. The van der Waals surface area contributed by atoms with E-state index < -0.39 is 5.97 Å². The maximum Gasteiger partial charge on any atom is 0.325 e. The predicted octanol–water partition coefficient (Wildman–Crippen LogP) is -0.304. The van der Waals surface area contributed by atoms with Gasteiger partial charge in [0.1, 0.15) is 17.8 Å². The first-order chi connectivity index (χ1) is 10.1. The summed E-state index contributed by atoms with van der Waals surface area (Å²) in [5.74, 6) is -1.16. The third-order valence-corrected chi connectivity index (χ3v) is 2.52. The fourth-order valence-corrected chi connectivity index (χ4v) is 1.63. The van der Waals surface area contributed by atoms with Crippen molar-refractivity contribution < 1.29 is 19.4 Å². The van der Waals surface area contributed by atoms with Gasteiger partial charge in [0.15, 0.2) is 0 Å². The number of carboxylic acids is 1. The van der Waals surface area contributed by atoms with Crippen molar-refractivity contribution in [1.82, 2.24) is 25.3 Å². The molecule has 2 N–H and O–H groups in total. The van der Waals surface area contributed by atoms with Gasteiger partial charge in [-0.2, -0.15) is 0 Å². The number of hydrogen-bond acceptors (Lipinski definition) is 6. The normalized spacial score (nSPS) is 10.1. The Morgan fingerprint density at radius 2 is 2.29 bits per heavy atom. The van der Waals surface area contributed by atoms with E-state index in [1.807, 2.05) is 0 Å². The van der Waals surface area contributed by atoms with Gasteiger partial charge in [-0.3, -0.25) is 9.59 Å². The molecule has 21 heavy (non-hydrogen) atoms. The third-order valence-electron chi connectivity index (χ3n) is 2.52. The first kappa shape index (κ1) is 14.4. The van der Waals surface area contributed by atoms with Crippen LogP contribution in [0, 0.1) is 0 Å². The Balaban J connectivity index is 1.97. The predicted molar refractivity (Wildman–Crippen MR) is 69.6 cm³/mol. The molecule has 2 aromatic rings. The zero-order chi connectivity index (χ0) is 15.2. The summed E-state index contributed by atoms with van der Waals surface area (Å²) in [6.45, 7) is -0.159. The van der Waals surface area contributed by atoms with Crippen molar-refractivity contribution in [2.45, 2.75) is 13.1 Å². The molecule has 0 fully saturated rings. The molecule has 0 aliphatic rings. The standard InChI is InChI=1S/C12H13N5O4/c1-21-12-9(3-2-4-13-12)11(20)14-5-8-6-17(16-15-8)7-10(18)19/h2-4,6H,5,7H2,1H3,(H,14,20)(H,18,19). The summed E-state index contributed by atoms with van der Waals surface area (Å²) >= 11 is 0. The number of pyridine rings is 1. The first-order valence-electron chi connectivity index (χ1n) is 5.98. The number of aromatic nitrogens is 4. The van der Waals surface area contributed by atoms with Gasteiger partial charge >= 0.3 is 5.97 Å². The maximum absolute atomic E-state index is 12.0. The highest BCUT2D eigenvalue weighted by atomic mass is 16.5. The molecule has 0 aliphatic heterocycles. The molecule has 0 saturated heterocycles. The first-order valence-corrected chi connectivity index (χ1v) is 5.98. The van der Waals surface area contributed by atoms with Crippen molar-refractivity contribution in [3.63, 3.8) is 0 Å². The minimum atomic E-state index is -1.02. The molecule has 2 rings (SSSR count). The van der Waals surface area contributed by atoms with Crippen LogP contribution in [0.5, 0.6) is 5.88 Å². The summed E-state index contributed by atoms with van der Waals surface area (Å²) in [5.41, 5.74) is 0.755. The highest BCUT2D eigenvalue weighted by Crippen LogP contribution is 2.13.